The summed E-state index contributed by atoms with van der Waals surface area (Å²) in [7, 11) is 0. The second kappa shape index (κ2) is 8.99. The first-order valence-electron chi connectivity index (χ1n) is 10.2. The van der Waals surface area contributed by atoms with Crippen LogP contribution in [0.5, 0.6) is 0 Å². The molecule has 1 aliphatic carbocycles. The third-order valence-corrected chi connectivity index (χ3v) is 5.27. The summed E-state index contributed by atoms with van der Waals surface area (Å²) in [6.45, 7) is 1.06. The standard InChI is InChI=1S/C23H23N3O5/c1-15(21(28)24-19-13-7-11-16-8-5-6-12-18(16)19)30-20(27)14-26-23(29)31-22(25-26)17-9-3-2-4-10-17/h2-6,8-10,12,15,19H,7,11,13-14H2,1H3,(H,24,28)/t15-,19+/m0/s1. The average Bonchev–Trinajstić information content (AvgIpc) is 3.14. The number of aromatic nitrogens is 2. The van der Waals surface area contributed by atoms with Crippen LogP contribution in [-0.4, -0.2) is 27.8 Å². The Morgan fingerprint density at radius 2 is 1.94 bits per heavy atom. The number of aryl methyl sites for hydroxylation is 1. The van der Waals surface area contributed by atoms with Gasteiger partial charge in [0.1, 0.15) is 6.54 Å². The molecule has 0 saturated heterocycles. The molecule has 1 amide bonds. The lowest BCUT2D eigenvalue weighted by Crippen LogP contribution is -2.40. The van der Waals surface area contributed by atoms with E-state index in [0.29, 0.717) is 5.56 Å². The molecule has 31 heavy (non-hydrogen) atoms. The highest BCUT2D eigenvalue weighted by atomic mass is 16.5. The van der Waals surface area contributed by atoms with E-state index < -0.39 is 24.4 Å². The van der Waals surface area contributed by atoms with Gasteiger partial charge in [-0.2, -0.15) is 4.68 Å². The van der Waals surface area contributed by atoms with Crippen molar-refractivity contribution in [2.24, 2.45) is 0 Å². The number of amides is 1. The predicted octanol–water partition coefficient (Wildman–Crippen LogP) is 2.63. The highest BCUT2D eigenvalue weighted by molar-refractivity contribution is 5.83. The van der Waals surface area contributed by atoms with E-state index in [1.807, 2.05) is 24.3 Å². The largest absolute Gasteiger partial charge is 0.451 e. The van der Waals surface area contributed by atoms with E-state index in [1.165, 1.54) is 12.5 Å². The fraction of sp³-hybridized carbons (Fsp3) is 0.304. The zero-order valence-corrected chi connectivity index (χ0v) is 17.1. The Balaban J connectivity index is 1.36. The summed E-state index contributed by atoms with van der Waals surface area (Å²) in [5.41, 5.74) is 2.94. The minimum Gasteiger partial charge on any atom is -0.451 e. The summed E-state index contributed by atoms with van der Waals surface area (Å²) in [5.74, 6) is -1.79. The zero-order chi connectivity index (χ0) is 21.8. The first-order chi connectivity index (χ1) is 15.0. The number of ether oxygens (including phenoxy) is 1. The second-order valence-corrected chi connectivity index (χ2v) is 7.48. The Bertz CT molecular complexity index is 1140. The number of hydrogen-bond acceptors (Lipinski definition) is 6. The number of carbonyl (C=O) groups excluding carboxylic acids is 2. The van der Waals surface area contributed by atoms with E-state index >= 15 is 0 Å². The molecule has 1 N–H and O–H groups in total. The molecule has 0 radical (unpaired) electrons. The quantitative estimate of drug-likeness (QED) is 0.614. The van der Waals surface area contributed by atoms with Gasteiger partial charge in [-0.3, -0.25) is 9.59 Å². The van der Waals surface area contributed by atoms with Crippen LogP contribution in [0.4, 0.5) is 0 Å². The molecule has 0 bridgehead atoms. The lowest BCUT2D eigenvalue weighted by molar-refractivity contribution is -0.156. The van der Waals surface area contributed by atoms with Gasteiger partial charge in [0, 0.05) is 5.56 Å². The lowest BCUT2D eigenvalue weighted by atomic mass is 9.87. The molecule has 4 rings (SSSR count). The minimum atomic E-state index is -1.00. The molecule has 0 aliphatic heterocycles. The SMILES string of the molecule is C[C@H](OC(=O)Cn1nc(-c2ccccc2)oc1=O)C(=O)N[C@@H]1CCCc2ccccc21. The van der Waals surface area contributed by atoms with Gasteiger partial charge < -0.3 is 14.5 Å². The fourth-order valence-corrected chi connectivity index (χ4v) is 3.71. The number of rotatable bonds is 6. The van der Waals surface area contributed by atoms with Crippen LogP contribution >= 0.6 is 0 Å². The van der Waals surface area contributed by atoms with Gasteiger partial charge in [0.25, 0.3) is 5.91 Å². The van der Waals surface area contributed by atoms with Crippen LogP contribution in [0.3, 0.4) is 0 Å². The maximum Gasteiger partial charge on any atom is 0.437 e. The van der Waals surface area contributed by atoms with Gasteiger partial charge in [-0.05, 0) is 49.4 Å². The van der Waals surface area contributed by atoms with Crippen LogP contribution in [0.25, 0.3) is 11.5 Å². The number of esters is 1. The highest BCUT2D eigenvalue weighted by Gasteiger charge is 2.25. The van der Waals surface area contributed by atoms with Gasteiger partial charge in [-0.25, -0.2) is 4.79 Å². The van der Waals surface area contributed by atoms with Gasteiger partial charge in [0.15, 0.2) is 6.10 Å². The number of nitrogens with zero attached hydrogens (tertiary/aromatic N) is 2. The van der Waals surface area contributed by atoms with Crippen molar-refractivity contribution in [2.45, 2.75) is 44.9 Å². The second-order valence-electron chi connectivity index (χ2n) is 7.48. The number of nitrogens with one attached hydrogen (secondary N) is 1. The third-order valence-electron chi connectivity index (χ3n) is 5.27. The van der Waals surface area contributed by atoms with Crippen LogP contribution in [0.2, 0.25) is 0 Å². The van der Waals surface area contributed by atoms with Gasteiger partial charge in [-0.15, -0.1) is 5.10 Å². The molecule has 0 unspecified atom stereocenters. The Morgan fingerprint density at radius 1 is 1.19 bits per heavy atom. The van der Waals surface area contributed by atoms with Crippen LogP contribution in [-0.2, 0) is 27.3 Å². The highest BCUT2D eigenvalue weighted by Crippen LogP contribution is 2.29. The van der Waals surface area contributed by atoms with E-state index in [2.05, 4.69) is 16.5 Å². The van der Waals surface area contributed by atoms with Crippen molar-refractivity contribution in [2.75, 3.05) is 0 Å². The first kappa shape index (κ1) is 20.6. The van der Waals surface area contributed by atoms with Gasteiger partial charge in [0.2, 0.25) is 5.89 Å². The number of hydrogen-bond donors (Lipinski definition) is 1. The first-order valence-corrected chi connectivity index (χ1v) is 10.2. The average molecular weight is 421 g/mol. The molecule has 0 saturated carbocycles. The van der Waals surface area contributed by atoms with E-state index in [9.17, 15) is 14.4 Å². The van der Waals surface area contributed by atoms with Crippen molar-refractivity contribution >= 4 is 11.9 Å². The van der Waals surface area contributed by atoms with Crippen LogP contribution in [0.1, 0.15) is 36.9 Å². The van der Waals surface area contributed by atoms with Gasteiger partial charge >= 0.3 is 11.7 Å². The van der Waals surface area contributed by atoms with Crippen molar-refractivity contribution in [1.29, 1.82) is 0 Å². The molecule has 1 aromatic heterocycles. The Morgan fingerprint density at radius 3 is 2.74 bits per heavy atom. The summed E-state index contributed by atoms with van der Waals surface area (Å²) < 4.78 is 11.2. The number of benzene rings is 2. The molecule has 1 aliphatic rings. The number of fused-ring (bicyclic) bond motifs is 1. The Hall–Kier alpha value is -3.68. The molecular weight excluding hydrogens is 398 g/mol. The van der Waals surface area contributed by atoms with E-state index in [0.717, 1.165) is 29.5 Å². The molecule has 2 aromatic carbocycles. The fourth-order valence-electron chi connectivity index (χ4n) is 3.71. The summed E-state index contributed by atoms with van der Waals surface area (Å²) in [5, 5.41) is 6.99. The summed E-state index contributed by atoms with van der Waals surface area (Å²) in [6.07, 6.45) is 1.80. The van der Waals surface area contributed by atoms with E-state index in [1.54, 1.807) is 24.3 Å². The van der Waals surface area contributed by atoms with Crippen molar-refractivity contribution in [3.63, 3.8) is 0 Å². The lowest BCUT2D eigenvalue weighted by Gasteiger charge is -2.27. The van der Waals surface area contributed by atoms with Crippen LogP contribution in [0.15, 0.2) is 63.8 Å². The van der Waals surface area contributed by atoms with Crippen molar-refractivity contribution in [1.82, 2.24) is 15.1 Å². The minimum absolute atomic E-state index is 0.106. The Labute approximate surface area is 178 Å². The molecule has 0 fully saturated rings. The predicted molar refractivity (Wildman–Crippen MR) is 112 cm³/mol. The molecule has 3 aromatic rings. The topological polar surface area (TPSA) is 103 Å². The van der Waals surface area contributed by atoms with E-state index in [-0.39, 0.29) is 17.8 Å². The summed E-state index contributed by atoms with van der Waals surface area (Å²) >= 11 is 0. The van der Waals surface area contributed by atoms with Crippen molar-refractivity contribution < 1.29 is 18.7 Å². The molecular formula is C23H23N3O5. The molecule has 8 nitrogen and oxygen atoms in total. The van der Waals surface area contributed by atoms with Gasteiger partial charge in [-0.1, -0.05) is 42.5 Å². The molecule has 2 atom stereocenters. The van der Waals surface area contributed by atoms with Crippen LogP contribution < -0.4 is 11.1 Å². The van der Waals surface area contributed by atoms with Crippen molar-refractivity contribution in [3.8, 4) is 11.5 Å². The maximum atomic E-state index is 12.6. The normalized spacial score (nSPS) is 16.2. The third kappa shape index (κ3) is 4.74. The molecule has 8 heteroatoms. The Kier molecular flexibility index (Phi) is 5.97. The zero-order valence-electron chi connectivity index (χ0n) is 17.1. The summed E-state index contributed by atoms with van der Waals surface area (Å²) in [4.78, 5) is 36.8. The molecule has 1 heterocycles. The summed E-state index contributed by atoms with van der Waals surface area (Å²) in [6, 6.07) is 16.8. The molecule has 0 spiro atoms. The number of carbonyl (C=O) groups is 2. The van der Waals surface area contributed by atoms with E-state index in [4.69, 9.17) is 9.15 Å². The van der Waals surface area contributed by atoms with Crippen LogP contribution in [0, 0.1) is 0 Å². The van der Waals surface area contributed by atoms with Gasteiger partial charge in [0.05, 0.1) is 6.04 Å². The molecule has 160 valence electrons. The maximum absolute atomic E-state index is 12.6. The monoisotopic (exact) mass is 421 g/mol. The van der Waals surface area contributed by atoms with Crippen molar-refractivity contribution in [3.05, 3.63) is 76.3 Å². The smallest absolute Gasteiger partial charge is 0.437 e.